The van der Waals surface area contributed by atoms with E-state index >= 15 is 0 Å². The minimum absolute atomic E-state index is 0.194. The van der Waals surface area contributed by atoms with Crippen molar-refractivity contribution in [3.05, 3.63) is 23.8 Å². The molecule has 14 heavy (non-hydrogen) atoms. The Kier molecular flexibility index (Phi) is 1.85. The van der Waals surface area contributed by atoms with Gasteiger partial charge in [-0.15, -0.1) is 0 Å². The average Bonchev–Trinajstić information content (AvgIpc) is 2.17. The molecule has 1 aliphatic heterocycles. The van der Waals surface area contributed by atoms with Crippen LogP contribution in [0.4, 0.5) is 14.5 Å². The number of nitrogens with zero attached hydrogens (tertiary/aromatic N) is 1. The lowest BCUT2D eigenvalue weighted by Crippen LogP contribution is -2.36. The topological polar surface area (TPSA) is 49.8 Å². The van der Waals surface area contributed by atoms with Crippen molar-refractivity contribution in [1.29, 1.82) is 0 Å². The summed E-state index contributed by atoms with van der Waals surface area (Å²) in [6.07, 6.45) is 0. The van der Waals surface area contributed by atoms with Crippen molar-refractivity contribution in [2.24, 2.45) is 0 Å². The third-order valence-electron chi connectivity index (χ3n) is 1.83. The summed E-state index contributed by atoms with van der Waals surface area (Å²) in [5, 5.41) is 9.40. The molecule has 0 saturated carbocycles. The van der Waals surface area contributed by atoms with Crippen molar-refractivity contribution in [2.75, 3.05) is 11.7 Å². The highest BCUT2D eigenvalue weighted by Crippen LogP contribution is 2.34. The van der Waals surface area contributed by atoms with Gasteiger partial charge in [0.1, 0.15) is 5.69 Å². The standard InChI is InChI=1S/C8H5F2NO3/c9-4-1-2-5-8(7(4)10)14-3-6(12)11(5)13/h1-2,13H,3H2. The first-order valence-corrected chi connectivity index (χ1v) is 3.74. The number of hydroxylamine groups is 1. The Morgan fingerprint density at radius 3 is 2.86 bits per heavy atom. The van der Waals surface area contributed by atoms with Crippen molar-refractivity contribution in [2.45, 2.75) is 0 Å². The molecule has 74 valence electrons. The monoisotopic (exact) mass is 201 g/mol. The second-order valence-corrected chi connectivity index (χ2v) is 2.70. The highest BCUT2D eigenvalue weighted by Gasteiger charge is 2.28. The quantitative estimate of drug-likeness (QED) is 0.639. The lowest BCUT2D eigenvalue weighted by Gasteiger charge is -2.23. The molecule has 1 aromatic rings. The van der Waals surface area contributed by atoms with Gasteiger partial charge in [-0.05, 0) is 12.1 Å². The summed E-state index contributed by atoms with van der Waals surface area (Å²) in [5.41, 5.74) is -0.194. The summed E-state index contributed by atoms with van der Waals surface area (Å²) in [4.78, 5) is 10.9. The first-order valence-electron chi connectivity index (χ1n) is 3.74. The van der Waals surface area contributed by atoms with Crippen LogP contribution in [0.3, 0.4) is 0 Å². The summed E-state index contributed by atoms with van der Waals surface area (Å²) in [6.45, 7) is -0.510. The SMILES string of the molecule is O=C1COc2c(ccc(F)c2F)N1O. The van der Waals surface area contributed by atoms with Gasteiger partial charge < -0.3 is 4.74 Å². The average molecular weight is 201 g/mol. The molecule has 0 saturated heterocycles. The van der Waals surface area contributed by atoms with Gasteiger partial charge in [0.25, 0.3) is 5.91 Å². The Bertz CT molecular complexity index is 408. The number of halogens is 2. The fourth-order valence-corrected chi connectivity index (χ4v) is 1.16. The molecule has 1 amide bonds. The van der Waals surface area contributed by atoms with Gasteiger partial charge >= 0.3 is 0 Å². The zero-order valence-electron chi connectivity index (χ0n) is 6.83. The molecule has 1 N–H and O–H groups in total. The van der Waals surface area contributed by atoms with Crippen molar-refractivity contribution in [3.63, 3.8) is 0 Å². The van der Waals surface area contributed by atoms with Gasteiger partial charge in [0.2, 0.25) is 5.82 Å². The molecular formula is C8H5F2NO3. The summed E-state index contributed by atoms with van der Waals surface area (Å²) >= 11 is 0. The number of anilines is 1. The van der Waals surface area contributed by atoms with Crippen LogP contribution in [0.25, 0.3) is 0 Å². The molecule has 0 atom stereocenters. The zero-order valence-corrected chi connectivity index (χ0v) is 6.83. The number of carbonyl (C=O) groups is 1. The van der Waals surface area contributed by atoms with E-state index in [1.165, 1.54) is 0 Å². The van der Waals surface area contributed by atoms with E-state index in [1.54, 1.807) is 0 Å². The molecule has 6 heteroatoms. The molecule has 1 heterocycles. The maximum absolute atomic E-state index is 13.0. The third-order valence-corrected chi connectivity index (χ3v) is 1.83. The van der Waals surface area contributed by atoms with Crippen LogP contribution in [-0.2, 0) is 4.79 Å². The first kappa shape index (κ1) is 8.89. The number of ether oxygens (including phenoxy) is 1. The number of hydrogen-bond acceptors (Lipinski definition) is 3. The normalized spacial score (nSPS) is 15.1. The van der Waals surface area contributed by atoms with Gasteiger partial charge in [0, 0.05) is 0 Å². The maximum Gasteiger partial charge on any atom is 0.288 e. The van der Waals surface area contributed by atoms with Gasteiger partial charge in [0.15, 0.2) is 18.2 Å². The van der Waals surface area contributed by atoms with E-state index in [4.69, 9.17) is 5.21 Å². The molecule has 0 aliphatic carbocycles. The van der Waals surface area contributed by atoms with E-state index in [9.17, 15) is 13.6 Å². The highest BCUT2D eigenvalue weighted by molar-refractivity contribution is 5.95. The molecular weight excluding hydrogens is 196 g/mol. The van der Waals surface area contributed by atoms with Crippen LogP contribution in [0.2, 0.25) is 0 Å². The molecule has 2 rings (SSSR count). The molecule has 0 aromatic heterocycles. The molecule has 0 spiro atoms. The fourth-order valence-electron chi connectivity index (χ4n) is 1.16. The molecule has 0 radical (unpaired) electrons. The Balaban J connectivity index is 2.59. The predicted molar refractivity (Wildman–Crippen MR) is 41.1 cm³/mol. The van der Waals surface area contributed by atoms with Gasteiger partial charge in [-0.2, -0.15) is 9.45 Å². The van der Waals surface area contributed by atoms with Crippen LogP contribution < -0.4 is 9.80 Å². The third kappa shape index (κ3) is 1.12. The second kappa shape index (κ2) is 2.91. The summed E-state index contributed by atoms with van der Waals surface area (Å²) < 4.78 is 30.4. The van der Waals surface area contributed by atoms with E-state index in [0.717, 1.165) is 12.1 Å². The largest absolute Gasteiger partial charge is 0.478 e. The Morgan fingerprint density at radius 1 is 1.43 bits per heavy atom. The molecule has 0 bridgehead atoms. The van der Waals surface area contributed by atoms with Crippen molar-refractivity contribution >= 4 is 11.6 Å². The van der Waals surface area contributed by atoms with E-state index < -0.39 is 29.9 Å². The number of hydrogen-bond donors (Lipinski definition) is 1. The highest BCUT2D eigenvalue weighted by atomic mass is 19.2. The van der Waals surface area contributed by atoms with Gasteiger partial charge in [-0.3, -0.25) is 10.0 Å². The van der Waals surface area contributed by atoms with E-state index in [2.05, 4.69) is 4.74 Å². The number of fused-ring (bicyclic) bond motifs is 1. The first-order chi connectivity index (χ1) is 6.61. The van der Waals surface area contributed by atoms with Crippen LogP contribution in [0.15, 0.2) is 12.1 Å². The number of rotatable bonds is 0. The lowest BCUT2D eigenvalue weighted by molar-refractivity contribution is -0.126. The summed E-state index contributed by atoms with van der Waals surface area (Å²) in [5.74, 6) is -3.49. The molecule has 1 aromatic carbocycles. The van der Waals surface area contributed by atoms with E-state index in [1.807, 2.05) is 0 Å². The van der Waals surface area contributed by atoms with Crippen molar-refractivity contribution in [1.82, 2.24) is 0 Å². The summed E-state index contributed by atoms with van der Waals surface area (Å²) in [6, 6.07) is 1.87. The Hall–Kier alpha value is -1.69. The second-order valence-electron chi connectivity index (χ2n) is 2.70. The fraction of sp³-hybridized carbons (Fsp3) is 0.125. The van der Waals surface area contributed by atoms with E-state index in [-0.39, 0.29) is 10.8 Å². The molecule has 0 fully saturated rings. The lowest BCUT2D eigenvalue weighted by atomic mass is 10.2. The maximum atomic E-state index is 13.0. The minimum atomic E-state index is -1.21. The molecule has 0 unspecified atom stereocenters. The van der Waals surface area contributed by atoms with Gasteiger partial charge in [0.05, 0.1) is 0 Å². The number of amides is 1. The smallest absolute Gasteiger partial charge is 0.288 e. The molecule has 4 nitrogen and oxygen atoms in total. The number of benzene rings is 1. The van der Waals surface area contributed by atoms with Crippen LogP contribution in [0.5, 0.6) is 5.75 Å². The minimum Gasteiger partial charge on any atom is -0.478 e. The van der Waals surface area contributed by atoms with Gasteiger partial charge in [-0.25, -0.2) is 4.39 Å². The van der Waals surface area contributed by atoms with E-state index in [0.29, 0.717) is 0 Å². The molecule has 1 aliphatic rings. The van der Waals surface area contributed by atoms with Crippen LogP contribution in [-0.4, -0.2) is 17.7 Å². The predicted octanol–water partition coefficient (Wildman–Crippen LogP) is 1.08. The van der Waals surface area contributed by atoms with Crippen LogP contribution in [0, 0.1) is 11.6 Å². The van der Waals surface area contributed by atoms with Crippen LogP contribution >= 0.6 is 0 Å². The Morgan fingerprint density at radius 2 is 2.14 bits per heavy atom. The summed E-state index contributed by atoms with van der Waals surface area (Å²) in [7, 11) is 0. The zero-order chi connectivity index (χ0) is 10.3. The van der Waals surface area contributed by atoms with Crippen molar-refractivity contribution < 1.29 is 23.5 Å². The number of carbonyl (C=O) groups excluding carboxylic acids is 1. The Labute approximate surface area is 77.3 Å². The van der Waals surface area contributed by atoms with Crippen LogP contribution in [0.1, 0.15) is 0 Å². The van der Waals surface area contributed by atoms with Gasteiger partial charge in [-0.1, -0.05) is 0 Å². The van der Waals surface area contributed by atoms with Crippen molar-refractivity contribution in [3.8, 4) is 5.75 Å².